The molecule has 118 valence electrons. The number of unbranched alkanes of at least 4 members (excludes halogenated alkanes) is 7. The third-order valence-corrected chi connectivity index (χ3v) is 3.95. The molecule has 0 unspecified atom stereocenters. The third kappa shape index (κ3) is 5.96. The SMILES string of the molecule is CCCCCCCCCCC(=O)c1c(O)ccc(Cl)c1O. The molecule has 0 spiro atoms. The lowest BCUT2D eigenvalue weighted by Crippen LogP contribution is -2.00. The summed E-state index contributed by atoms with van der Waals surface area (Å²) in [5.74, 6) is -0.777. The summed E-state index contributed by atoms with van der Waals surface area (Å²) >= 11 is 5.76. The molecule has 21 heavy (non-hydrogen) atoms. The van der Waals surface area contributed by atoms with E-state index in [1.165, 1.54) is 44.2 Å². The van der Waals surface area contributed by atoms with Gasteiger partial charge in [0.25, 0.3) is 0 Å². The number of hydrogen-bond acceptors (Lipinski definition) is 3. The maximum atomic E-state index is 12.0. The van der Waals surface area contributed by atoms with Gasteiger partial charge in [-0.25, -0.2) is 0 Å². The molecule has 0 aliphatic heterocycles. The summed E-state index contributed by atoms with van der Waals surface area (Å²) in [5.41, 5.74) is -0.0505. The first-order valence-electron chi connectivity index (χ1n) is 7.81. The van der Waals surface area contributed by atoms with Gasteiger partial charge in [0.15, 0.2) is 5.78 Å². The molecule has 0 aliphatic rings. The highest BCUT2D eigenvalue weighted by Crippen LogP contribution is 2.34. The second-order valence-electron chi connectivity index (χ2n) is 5.44. The van der Waals surface area contributed by atoms with E-state index in [4.69, 9.17) is 11.6 Å². The zero-order valence-electron chi connectivity index (χ0n) is 12.7. The highest BCUT2D eigenvalue weighted by atomic mass is 35.5. The predicted molar refractivity (Wildman–Crippen MR) is 86.3 cm³/mol. The highest BCUT2D eigenvalue weighted by Gasteiger charge is 2.18. The third-order valence-electron chi connectivity index (χ3n) is 3.64. The van der Waals surface area contributed by atoms with Crippen molar-refractivity contribution in [2.24, 2.45) is 0 Å². The Morgan fingerprint density at radius 1 is 1.00 bits per heavy atom. The first-order chi connectivity index (χ1) is 10.1. The van der Waals surface area contributed by atoms with Crippen LogP contribution in [-0.2, 0) is 0 Å². The van der Waals surface area contributed by atoms with Gasteiger partial charge in [-0.15, -0.1) is 0 Å². The van der Waals surface area contributed by atoms with Crippen LogP contribution >= 0.6 is 11.6 Å². The van der Waals surface area contributed by atoms with Gasteiger partial charge >= 0.3 is 0 Å². The molecule has 0 heterocycles. The molecule has 0 saturated heterocycles. The van der Waals surface area contributed by atoms with Crippen LogP contribution in [-0.4, -0.2) is 16.0 Å². The van der Waals surface area contributed by atoms with Crippen molar-refractivity contribution in [1.29, 1.82) is 0 Å². The number of rotatable bonds is 10. The first kappa shape index (κ1) is 17.8. The molecule has 1 aromatic rings. The summed E-state index contributed by atoms with van der Waals surface area (Å²) in [6.45, 7) is 2.20. The van der Waals surface area contributed by atoms with Gasteiger partial charge < -0.3 is 10.2 Å². The number of carbonyl (C=O) groups is 1. The largest absolute Gasteiger partial charge is 0.507 e. The van der Waals surface area contributed by atoms with E-state index in [0.29, 0.717) is 6.42 Å². The van der Waals surface area contributed by atoms with E-state index < -0.39 is 0 Å². The molecule has 0 saturated carbocycles. The molecule has 0 bridgehead atoms. The Balaban J connectivity index is 2.30. The van der Waals surface area contributed by atoms with Crippen LogP contribution in [0.25, 0.3) is 0 Å². The van der Waals surface area contributed by atoms with Crippen LogP contribution in [0.2, 0.25) is 5.02 Å². The van der Waals surface area contributed by atoms with Crippen LogP contribution in [0.4, 0.5) is 0 Å². The first-order valence-corrected chi connectivity index (χ1v) is 8.19. The summed E-state index contributed by atoms with van der Waals surface area (Å²) in [7, 11) is 0. The fourth-order valence-electron chi connectivity index (χ4n) is 2.37. The number of carbonyl (C=O) groups excluding carboxylic acids is 1. The number of phenols is 2. The van der Waals surface area contributed by atoms with E-state index in [9.17, 15) is 15.0 Å². The molecule has 2 N–H and O–H groups in total. The maximum absolute atomic E-state index is 12.0. The number of ketones is 1. The molecule has 0 aliphatic carbocycles. The second-order valence-corrected chi connectivity index (χ2v) is 5.85. The van der Waals surface area contributed by atoms with Crippen LogP contribution in [0.15, 0.2) is 12.1 Å². The Morgan fingerprint density at radius 3 is 2.19 bits per heavy atom. The van der Waals surface area contributed by atoms with Gasteiger partial charge in [0.1, 0.15) is 17.1 Å². The van der Waals surface area contributed by atoms with Gasteiger partial charge in [0.05, 0.1) is 5.02 Å². The molecule has 4 heteroatoms. The normalized spacial score (nSPS) is 10.8. The Hall–Kier alpha value is -1.22. The van der Waals surface area contributed by atoms with Crippen molar-refractivity contribution < 1.29 is 15.0 Å². The van der Waals surface area contributed by atoms with Crippen LogP contribution < -0.4 is 0 Å². The van der Waals surface area contributed by atoms with Crippen molar-refractivity contribution in [3.63, 3.8) is 0 Å². The molecule has 1 aromatic carbocycles. The van der Waals surface area contributed by atoms with Crippen LogP contribution in [0.3, 0.4) is 0 Å². The van der Waals surface area contributed by atoms with Crippen LogP contribution in [0.1, 0.15) is 75.1 Å². The van der Waals surface area contributed by atoms with E-state index in [-0.39, 0.29) is 27.9 Å². The second kappa shape index (κ2) is 9.67. The van der Waals surface area contributed by atoms with E-state index in [0.717, 1.165) is 19.3 Å². The predicted octanol–water partition coefficient (Wildman–Crippen LogP) is 5.46. The smallest absolute Gasteiger partial charge is 0.170 e. The Kier molecular flexibility index (Phi) is 8.21. The topological polar surface area (TPSA) is 57.5 Å². The fourth-order valence-corrected chi connectivity index (χ4v) is 2.53. The van der Waals surface area contributed by atoms with Gasteiger partial charge in [-0.05, 0) is 18.6 Å². The average Bonchev–Trinajstić information content (AvgIpc) is 2.46. The molecule has 1 rings (SSSR count). The molecule has 0 atom stereocenters. The Morgan fingerprint density at radius 2 is 1.57 bits per heavy atom. The summed E-state index contributed by atoms with van der Waals surface area (Å²) in [6.07, 6.45) is 9.55. The standard InChI is InChI=1S/C17H25ClO3/c1-2-3-4-5-6-7-8-9-10-14(19)16-15(20)12-11-13(18)17(16)21/h11-12,20-21H,2-10H2,1H3. The minimum atomic E-state index is -0.318. The summed E-state index contributed by atoms with van der Waals surface area (Å²) in [6, 6.07) is 2.71. The van der Waals surface area contributed by atoms with Crippen molar-refractivity contribution in [3.05, 3.63) is 22.7 Å². The lowest BCUT2D eigenvalue weighted by Gasteiger charge is -2.07. The average molecular weight is 313 g/mol. The van der Waals surface area contributed by atoms with Crippen LogP contribution in [0.5, 0.6) is 11.5 Å². The Bertz CT molecular complexity index is 458. The van der Waals surface area contributed by atoms with Gasteiger partial charge in [-0.1, -0.05) is 63.5 Å². The summed E-state index contributed by atoms with van der Waals surface area (Å²) in [5, 5.41) is 19.5. The minimum absolute atomic E-state index is 0.0505. The zero-order valence-corrected chi connectivity index (χ0v) is 13.5. The molecule has 0 amide bonds. The molecule has 0 fully saturated rings. The zero-order chi connectivity index (χ0) is 15.7. The van der Waals surface area contributed by atoms with Crippen molar-refractivity contribution >= 4 is 17.4 Å². The van der Waals surface area contributed by atoms with E-state index in [1.54, 1.807) is 0 Å². The number of aromatic hydroxyl groups is 2. The monoisotopic (exact) mass is 312 g/mol. The van der Waals surface area contributed by atoms with Gasteiger partial charge in [0, 0.05) is 6.42 Å². The highest BCUT2D eigenvalue weighted by molar-refractivity contribution is 6.32. The summed E-state index contributed by atoms with van der Waals surface area (Å²) in [4.78, 5) is 12.0. The van der Waals surface area contributed by atoms with E-state index in [2.05, 4.69) is 6.92 Å². The number of benzene rings is 1. The van der Waals surface area contributed by atoms with E-state index >= 15 is 0 Å². The molecule has 3 nitrogen and oxygen atoms in total. The fraction of sp³-hybridized carbons (Fsp3) is 0.588. The van der Waals surface area contributed by atoms with Gasteiger partial charge in [0.2, 0.25) is 0 Å². The molecular formula is C17H25ClO3. The van der Waals surface area contributed by atoms with Crippen molar-refractivity contribution in [2.45, 2.75) is 64.7 Å². The molecule has 0 radical (unpaired) electrons. The van der Waals surface area contributed by atoms with Gasteiger partial charge in [-0.3, -0.25) is 4.79 Å². The lowest BCUT2D eigenvalue weighted by atomic mass is 10.0. The molecular weight excluding hydrogens is 288 g/mol. The summed E-state index contributed by atoms with van der Waals surface area (Å²) < 4.78 is 0. The number of halogens is 1. The van der Waals surface area contributed by atoms with Crippen molar-refractivity contribution in [1.82, 2.24) is 0 Å². The van der Waals surface area contributed by atoms with Crippen LogP contribution in [0, 0.1) is 0 Å². The quantitative estimate of drug-likeness (QED) is 0.445. The minimum Gasteiger partial charge on any atom is -0.507 e. The lowest BCUT2D eigenvalue weighted by molar-refractivity contribution is 0.0973. The van der Waals surface area contributed by atoms with Gasteiger partial charge in [-0.2, -0.15) is 0 Å². The number of hydrogen-bond donors (Lipinski definition) is 2. The number of Topliss-reactive ketones (excluding diaryl/α,β-unsaturated/α-hetero) is 1. The van der Waals surface area contributed by atoms with Crippen molar-refractivity contribution in [2.75, 3.05) is 0 Å². The maximum Gasteiger partial charge on any atom is 0.170 e. The van der Waals surface area contributed by atoms with Crippen molar-refractivity contribution in [3.8, 4) is 11.5 Å². The number of phenolic OH excluding ortho intramolecular Hbond substituents is 2. The van der Waals surface area contributed by atoms with E-state index in [1.807, 2.05) is 0 Å². The Labute approximate surface area is 131 Å². The molecule has 0 aromatic heterocycles.